The number of carbonyl (C=O) groups is 2. The van der Waals surface area contributed by atoms with Crippen LogP contribution >= 0.6 is 0 Å². The van der Waals surface area contributed by atoms with Gasteiger partial charge in [0.1, 0.15) is 6.04 Å². The van der Waals surface area contributed by atoms with Gasteiger partial charge in [0.2, 0.25) is 0 Å². The fourth-order valence-corrected chi connectivity index (χ4v) is 14.0. The van der Waals surface area contributed by atoms with E-state index in [-0.39, 0.29) is 51.1 Å². The SMILES string of the molecule is CC(=O)O[C@@H](C1C[C@@H](C)[C@H]2C(O1)[C@H](O)[C@@]1(C)C3CC[C@H]4C(C)(C)C(O[C@H]5CN([C@H](C)C(=O)O)CCO5)CC[C@@]45C[C@@]35CC[C@]21C)C(C)(C)O. The lowest BCUT2D eigenvalue weighted by atomic mass is 9.41. The number of aliphatic hydroxyl groups is 2. The van der Waals surface area contributed by atoms with Crippen LogP contribution in [0.15, 0.2) is 0 Å². The summed E-state index contributed by atoms with van der Waals surface area (Å²) in [5, 5.41) is 33.2. The molecule has 2 spiro atoms. The van der Waals surface area contributed by atoms with Gasteiger partial charge in [-0.25, -0.2) is 0 Å². The van der Waals surface area contributed by atoms with E-state index in [1.165, 1.54) is 19.8 Å². The molecule has 0 aromatic rings. The second-order valence-electron chi connectivity index (χ2n) is 19.2. The first-order valence-corrected chi connectivity index (χ1v) is 19.2. The number of esters is 1. The topological polar surface area (TPSA) is 135 Å². The number of hydrogen-bond acceptors (Lipinski definition) is 9. The monoisotopic (exact) mass is 689 g/mol. The average Bonchev–Trinajstić information content (AvgIpc) is 3.65. The Morgan fingerprint density at radius 3 is 2.35 bits per heavy atom. The summed E-state index contributed by atoms with van der Waals surface area (Å²) in [5.74, 6) is 0.0786. The molecule has 2 aliphatic heterocycles. The van der Waals surface area contributed by atoms with Crippen molar-refractivity contribution in [2.75, 3.05) is 19.7 Å². The summed E-state index contributed by atoms with van der Waals surface area (Å²) in [6, 6.07) is -0.566. The van der Waals surface area contributed by atoms with E-state index in [0.29, 0.717) is 38.0 Å². The van der Waals surface area contributed by atoms with Gasteiger partial charge in [-0.3, -0.25) is 14.5 Å². The minimum Gasteiger partial charge on any atom is -0.480 e. The Labute approximate surface area is 292 Å². The molecule has 4 unspecified atom stereocenters. The van der Waals surface area contributed by atoms with Gasteiger partial charge >= 0.3 is 11.9 Å². The predicted molar refractivity (Wildman–Crippen MR) is 181 cm³/mol. The van der Waals surface area contributed by atoms with Crippen LogP contribution in [-0.4, -0.2) is 100 Å². The molecule has 15 atom stereocenters. The molecule has 49 heavy (non-hydrogen) atoms. The summed E-state index contributed by atoms with van der Waals surface area (Å²) in [6.45, 7) is 19.8. The van der Waals surface area contributed by atoms with Crippen LogP contribution in [0.1, 0.15) is 114 Å². The predicted octanol–water partition coefficient (Wildman–Crippen LogP) is 5.02. The first kappa shape index (κ1) is 36.1. The molecule has 3 N–H and O–H groups in total. The molecule has 7 fully saturated rings. The van der Waals surface area contributed by atoms with E-state index in [4.69, 9.17) is 18.9 Å². The lowest BCUT2D eigenvalue weighted by Gasteiger charge is -2.64. The van der Waals surface area contributed by atoms with Gasteiger partial charge in [0.05, 0.1) is 43.2 Å². The quantitative estimate of drug-likeness (QED) is 0.313. The molecule has 10 heteroatoms. The highest BCUT2D eigenvalue weighted by Crippen LogP contribution is 2.89. The number of ether oxygens (including phenoxy) is 4. The number of carbonyl (C=O) groups excluding carboxylic acids is 1. The Balaban J connectivity index is 1.12. The number of morpholine rings is 1. The molecule has 2 heterocycles. The number of carboxylic acids is 1. The smallest absolute Gasteiger partial charge is 0.320 e. The Morgan fingerprint density at radius 2 is 1.69 bits per heavy atom. The highest BCUT2D eigenvalue weighted by Gasteiger charge is 2.84. The number of carboxylic acid groups (broad SMARTS) is 1. The lowest BCUT2D eigenvalue weighted by Crippen LogP contribution is -2.60. The fraction of sp³-hybridized carbons (Fsp3) is 0.949. The van der Waals surface area contributed by atoms with E-state index in [1.54, 1.807) is 20.8 Å². The van der Waals surface area contributed by atoms with Crippen LogP contribution in [0.5, 0.6) is 0 Å². The van der Waals surface area contributed by atoms with Gasteiger partial charge in [-0.1, -0.05) is 34.6 Å². The number of nitrogens with zero attached hydrogens (tertiary/aromatic N) is 1. The fourth-order valence-electron chi connectivity index (χ4n) is 14.0. The van der Waals surface area contributed by atoms with E-state index >= 15 is 0 Å². The van der Waals surface area contributed by atoms with Crippen LogP contribution in [-0.2, 0) is 28.5 Å². The zero-order valence-corrected chi connectivity index (χ0v) is 31.4. The van der Waals surface area contributed by atoms with Crippen LogP contribution in [0.3, 0.4) is 0 Å². The van der Waals surface area contributed by atoms with E-state index in [9.17, 15) is 24.9 Å². The van der Waals surface area contributed by atoms with E-state index in [1.807, 2.05) is 4.90 Å². The summed E-state index contributed by atoms with van der Waals surface area (Å²) < 4.78 is 25.3. The molecule has 0 bridgehead atoms. The Morgan fingerprint density at radius 1 is 1.02 bits per heavy atom. The third-order valence-corrected chi connectivity index (χ3v) is 16.4. The van der Waals surface area contributed by atoms with Crippen molar-refractivity contribution in [2.45, 2.75) is 162 Å². The first-order chi connectivity index (χ1) is 22.7. The highest BCUT2D eigenvalue weighted by atomic mass is 16.7. The van der Waals surface area contributed by atoms with Gasteiger partial charge < -0.3 is 34.3 Å². The third-order valence-electron chi connectivity index (χ3n) is 16.4. The Bertz CT molecular complexity index is 1330. The van der Waals surface area contributed by atoms with Crippen molar-refractivity contribution in [3.8, 4) is 0 Å². The molecule has 0 radical (unpaired) electrons. The molecule has 5 saturated carbocycles. The van der Waals surface area contributed by atoms with Gasteiger partial charge in [-0.15, -0.1) is 0 Å². The van der Waals surface area contributed by atoms with Crippen molar-refractivity contribution in [1.82, 2.24) is 4.90 Å². The zero-order chi connectivity index (χ0) is 35.7. The average molecular weight is 690 g/mol. The summed E-state index contributed by atoms with van der Waals surface area (Å²) in [7, 11) is 0. The summed E-state index contributed by atoms with van der Waals surface area (Å²) >= 11 is 0. The van der Waals surface area contributed by atoms with E-state index < -0.39 is 48.2 Å². The molecule has 0 aromatic carbocycles. The molecule has 5 aliphatic carbocycles. The van der Waals surface area contributed by atoms with Crippen molar-refractivity contribution >= 4 is 11.9 Å². The van der Waals surface area contributed by atoms with Gasteiger partial charge in [-0.2, -0.15) is 0 Å². The maximum absolute atomic E-state index is 12.6. The van der Waals surface area contributed by atoms with Gasteiger partial charge in [0.25, 0.3) is 0 Å². The number of aliphatic carboxylic acids is 1. The first-order valence-electron chi connectivity index (χ1n) is 19.2. The van der Waals surface area contributed by atoms with Crippen LogP contribution in [0.4, 0.5) is 0 Å². The molecule has 0 aromatic heterocycles. The molecule has 7 aliphatic rings. The van der Waals surface area contributed by atoms with Gasteiger partial charge in [0, 0.05) is 18.9 Å². The molecule has 0 amide bonds. The van der Waals surface area contributed by atoms with Crippen molar-refractivity contribution in [1.29, 1.82) is 0 Å². The van der Waals surface area contributed by atoms with Crippen molar-refractivity contribution < 1.29 is 43.9 Å². The number of aliphatic hydroxyl groups excluding tert-OH is 1. The maximum Gasteiger partial charge on any atom is 0.320 e. The molecule has 278 valence electrons. The minimum absolute atomic E-state index is 0.0407. The van der Waals surface area contributed by atoms with E-state index in [0.717, 1.165) is 32.1 Å². The van der Waals surface area contributed by atoms with Crippen LogP contribution in [0.25, 0.3) is 0 Å². The van der Waals surface area contributed by atoms with Crippen LogP contribution in [0.2, 0.25) is 0 Å². The van der Waals surface area contributed by atoms with Crippen molar-refractivity contribution in [3.63, 3.8) is 0 Å². The zero-order valence-electron chi connectivity index (χ0n) is 31.4. The Hall–Kier alpha value is -1.30. The molecule has 7 rings (SSSR count). The second-order valence-corrected chi connectivity index (χ2v) is 19.2. The second kappa shape index (κ2) is 11.6. The minimum atomic E-state index is -1.27. The van der Waals surface area contributed by atoms with Crippen LogP contribution < -0.4 is 0 Å². The molecule has 10 nitrogen and oxygen atoms in total. The largest absolute Gasteiger partial charge is 0.480 e. The van der Waals surface area contributed by atoms with Crippen LogP contribution in [0, 0.1) is 50.7 Å². The highest BCUT2D eigenvalue weighted by molar-refractivity contribution is 5.72. The maximum atomic E-state index is 12.6. The standard InChI is InChI=1S/C39H63NO9/c1-21-18-24(32(35(6,7)45)47-23(3)41)48-30-29(21)36(8)14-15-39-20-38(39)13-12-27(49-28-19-40(16-17-46-28)22(2)33(43)44)34(4,5)25(38)10-11-26(39)37(36,9)31(30)42/h21-22,24-32,42,45H,10-20H2,1-9H3,(H,43,44)/t21-,22-,24?,25+,26?,27?,28+,29+,30?,31+,32+,36-,37-,38-,39+/m1/s1. The lowest BCUT2D eigenvalue weighted by molar-refractivity contribution is -0.251. The summed E-state index contributed by atoms with van der Waals surface area (Å²) in [6.07, 6.45) is 5.72. The van der Waals surface area contributed by atoms with Gasteiger partial charge in [-0.05, 0) is 117 Å². The van der Waals surface area contributed by atoms with E-state index in [2.05, 4.69) is 34.6 Å². The third kappa shape index (κ3) is 4.99. The normalized spacial score (nSPS) is 50.1. The Kier molecular flexibility index (Phi) is 8.54. The molecular weight excluding hydrogens is 626 g/mol. The molecule has 2 saturated heterocycles. The summed E-state index contributed by atoms with van der Waals surface area (Å²) in [4.78, 5) is 25.7. The molecular formula is C39H63NO9. The van der Waals surface area contributed by atoms with Crippen molar-refractivity contribution in [2.24, 2.45) is 50.7 Å². The number of hydrogen-bond donors (Lipinski definition) is 3. The number of fused-ring (bicyclic) bond motifs is 4. The number of rotatable bonds is 7. The van der Waals surface area contributed by atoms with Crippen molar-refractivity contribution in [3.05, 3.63) is 0 Å². The summed E-state index contributed by atoms with van der Waals surface area (Å²) in [5.41, 5.74) is -1.30. The van der Waals surface area contributed by atoms with Gasteiger partial charge in [0.15, 0.2) is 12.4 Å².